The number of aliphatic carboxylic acids is 4. The van der Waals surface area contributed by atoms with E-state index in [4.69, 9.17) is 42.5 Å². The summed E-state index contributed by atoms with van der Waals surface area (Å²) in [7, 11) is 0. The van der Waals surface area contributed by atoms with Gasteiger partial charge in [0, 0.05) is 29.7 Å². The average molecular weight is 505 g/mol. The number of carboxylic acids is 4. The van der Waals surface area contributed by atoms with Crippen LogP contribution in [0, 0.1) is 0 Å². The number of ether oxygens (including phenoxy) is 1. The highest BCUT2D eigenvalue weighted by atomic mass is 35.5. The van der Waals surface area contributed by atoms with Crippen LogP contribution < -0.4 is 10.5 Å². The summed E-state index contributed by atoms with van der Waals surface area (Å²) in [5.41, 5.74) is 7.16. The Balaban J connectivity index is 0.000000570. The van der Waals surface area contributed by atoms with Crippen LogP contribution in [0.4, 0.5) is 0 Å². The Morgan fingerprint density at radius 3 is 1.91 bits per heavy atom. The maximum atomic E-state index is 9.64. The van der Waals surface area contributed by atoms with Crippen molar-refractivity contribution < 1.29 is 44.3 Å². The first-order valence-corrected chi connectivity index (χ1v) is 11.1. The Kier molecular flexibility index (Phi) is 16.1. The van der Waals surface area contributed by atoms with Crippen molar-refractivity contribution in [3.63, 3.8) is 0 Å². The van der Waals surface area contributed by atoms with Crippen LogP contribution in [0.5, 0.6) is 5.75 Å². The van der Waals surface area contributed by atoms with E-state index in [-0.39, 0.29) is 25.7 Å². The van der Waals surface area contributed by atoms with Crippen LogP contribution in [0.3, 0.4) is 0 Å². The molecule has 0 aromatic heterocycles. The van der Waals surface area contributed by atoms with Gasteiger partial charge in [-0.3, -0.25) is 24.1 Å². The quantitative estimate of drug-likeness (QED) is 0.315. The molecule has 0 unspecified atom stereocenters. The van der Waals surface area contributed by atoms with Gasteiger partial charge in [0.15, 0.2) is 0 Å². The summed E-state index contributed by atoms with van der Waals surface area (Å²) in [6.45, 7) is 5.59. The van der Waals surface area contributed by atoms with E-state index in [2.05, 4.69) is 4.90 Å². The molecule has 2 rings (SSSR count). The molecule has 1 aliphatic rings. The van der Waals surface area contributed by atoms with Crippen molar-refractivity contribution in [2.45, 2.75) is 58.0 Å². The van der Waals surface area contributed by atoms with E-state index in [1.165, 1.54) is 6.42 Å². The molecule has 0 aliphatic carbocycles. The fraction of sp³-hybridized carbons (Fsp3) is 0.545. The highest BCUT2D eigenvalue weighted by molar-refractivity contribution is 6.30. The van der Waals surface area contributed by atoms with E-state index in [9.17, 15) is 19.2 Å². The zero-order valence-electron chi connectivity index (χ0n) is 19.1. The summed E-state index contributed by atoms with van der Waals surface area (Å²) in [6.07, 6.45) is 1.12. The molecule has 0 amide bonds. The largest absolute Gasteiger partial charge is 0.494 e. The first kappa shape index (κ1) is 31.1. The molecule has 12 heteroatoms. The normalized spacial score (nSPS) is 15.1. The van der Waals surface area contributed by atoms with Gasteiger partial charge in [-0.2, -0.15) is 0 Å². The molecule has 0 saturated carbocycles. The number of nitrogens with zero attached hydrogens (tertiary/aromatic N) is 1. The van der Waals surface area contributed by atoms with Gasteiger partial charge in [-0.05, 0) is 44.5 Å². The van der Waals surface area contributed by atoms with Gasteiger partial charge < -0.3 is 30.9 Å². The van der Waals surface area contributed by atoms with Crippen molar-refractivity contribution >= 4 is 35.5 Å². The molecule has 1 aromatic rings. The third-order valence-corrected chi connectivity index (χ3v) is 4.60. The topological polar surface area (TPSA) is 188 Å². The maximum Gasteiger partial charge on any atom is 0.303 e. The number of carboxylic acid groups (broad SMARTS) is 4. The van der Waals surface area contributed by atoms with Crippen molar-refractivity contribution in [1.29, 1.82) is 0 Å². The van der Waals surface area contributed by atoms with E-state index in [1.54, 1.807) is 0 Å². The molecule has 6 N–H and O–H groups in total. The van der Waals surface area contributed by atoms with Crippen molar-refractivity contribution in [3.05, 3.63) is 28.8 Å². The summed E-state index contributed by atoms with van der Waals surface area (Å²) >= 11 is 6.06. The van der Waals surface area contributed by atoms with Gasteiger partial charge in [0.2, 0.25) is 0 Å². The maximum absolute atomic E-state index is 9.64. The lowest BCUT2D eigenvalue weighted by Crippen LogP contribution is -2.42. The first-order valence-electron chi connectivity index (χ1n) is 10.7. The van der Waals surface area contributed by atoms with Crippen molar-refractivity contribution in [2.75, 3.05) is 19.7 Å². The summed E-state index contributed by atoms with van der Waals surface area (Å²) in [5, 5.41) is 32.4. The number of piperidine rings is 1. The van der Waals surface area contributed by atoms with Gasteiger partial charge in [0.25, 0.3) is 0 Å². The second kappa shape index (κ2) is 17.6. The van der Waals surface area contributed by atoms with Crippen molar-refractivity contribution in [2.24, 2.45) is 5.73 Å². The number of hydrogen-bond donors (Lipinski definition) is 5. The minimum absolute atomic E-state index is 0.296. The van der Waals surface area contributed by atoms with Crippen LogP contribution in [0.2, 0.25) is 5.02 Å². The molecule has 1 aliphatic heterocycles. The van der Waals surface area contributed by atoms with E-state index >= 15 is 0 Å². The predicted octanol–water partition coefficient (Wildman–Crippen LogP) is 2.53. The highest BCUT2D eigenvalue weighted by Gasteiger charge is 2.18. The molecule has 1 saturated heterocycles. The van der Waals surface area contributed by atoms with Crippen LogP contribution in [0.25, 0.3) is 0 Å². The van der Waals surface area contributed by atoms with Crippen LogP contribution in [-0.2, 0) is 25.7 Å². The molecule has 0 radical (unpaired) electrons. The fourth-order valence-corrected chi connectivity index (χ4v) is 3.07. The van der Waals surface area contributed by atoms with E-state index < -0.39 is 23.9 Å². The smallest absolute Gasteiger partial charge is 0.303 e. The highest BCUT2D eigenvalue weighted by Crippen LogP contribution is 2.25. The lowest BCUT2D eigenvalue weighted by molar-refractivity contribution is -0.143. The van der Waals surface area contributed by atoms with Crippen LogP contribution in [0.15, 0.2) is 18.2 Å². The standard InChI is InChI=1S/C14H21ClN2O.2C4H6O4/c1-2-18-14-6-5-12(15)8-11(14)9-17-7-3-4-13(16)10-17;2*5-3(6)1-2-4(7)8/h5-6,8,13H,2-4,7,9-10,16H2,1H3;2*1-2H2,(H,5,6)(H,7,8)/t13-;;/m1../s1. The summed E-state index contributed by atoms with van der Waals surface area (Å²) in [6, 6.07) is 6.11. The van der Waals surface area contributed by atoms with Crippen molar-refractivity contribution in [1.82, 2.24) is 4.90 Å². The second-order valence-corrected chi connectivity index (χ2v) is 7.83. The first-order chi connectivity index (χ1) is 15.9. The number of benzene rings is 1. The van der Waals surface area contributed by atoms with Crippen molar-refractivity contribution in [3.8, 4) is 5.75 Å². The molecule has 1 fully saturated rings. The zero-order valence-corrected chi connectivity index (χ0v) is 19.9. The van der Waals surface area contributed by atoms with Crippen LogP contribution >= 0.6 is 11.6 Å². The fourth-order valence-electron chi connectivity index (χ4n) is 2.87. The van der Waals surface area contributed by atoms with Gasteiger partial charge >= 0.3 is 23.9 Å². The minimum Gasteiger partial charge on any atom is -0.494 e. The zero-order chi connectivity index (χ0) is 26.1. The summed E-state index contributed by atoms with van der Waals surface area (Å²) in [4.78, 5) is 40.9. The number of likely N-dealkylation sites (tertiary alicyclic amines) is 1. The predicted molar refractivity (Wildman–Crippen MR) is 124 cm³/mol. The second-order valence-electron chi connectivity index (χ2n) is 7.40. The van der Waals surface area contributed by atoms with E-state index in [0.717, 1.165) is 42.4 Å². The number of hydrogen-bond acceptors (Lipinski definition) is 7. The Morgan fingerprint density at radius 2 is 1.50 bits per heavy atom. The van der Waals surface area contributed by atoms with Crippen LogP contribution in [0.1, 0.15) is 51.0 Å². The number of halogens is 1. The molecule has 192 valence electrons. The average Bonchev–Trinajstić information content (AvgIpc) is 2.74. The van der Waals surface area contributed by atoms with E-state index in [0.29, 0.717) is 12.6 Å². The monoisotopic (exact) mass is 504 g/mol. The number of rotatable bonds is 10. The van der Waals surface area contributed by atoms with Gasteiger partial charge in [-0.25, -0.2) is 0 Å². The molecular weight excluding hydrogens is 472 g/mol. The molecule has 11 nitrogen and oxygen atoms in total. The Bertz CT molecular complexity index is 749. The minimum atomic E-state index is -1.08. The Hall–Kier alpha value is -2.89. The van der Waals surface area contributed by atoms with Gasteiger partial charge in [0.1, 0.15) is 5.75 Å². The third kappa shape index (κ3) is 16.7. The molecular formula is C22H33ClN2O9. The molecule has 34 heavy (non-hydrogen) atoms. The van der Waals surface area contributed by atoms with Gasteiger partial charge in [-0.1, -0.05) is 11.6 Å². The Morgan fingerprint density at radius 1 is 1.00 bits per heavy atom. The molecule has 1 heterocycles. The Labute approximate surface area is 203 Å². The number of carbonyl (C=O) groups is 4. The van der Waals surface area contributed by atoms with Gasteiger partial charge in [-0.15, -0.1) is 0 Å². The molecule has 1 aromatic carbocycles. The third-order valence-electron chi connectivity index (χ3n) is 4.36. The van der Waals surface area contributed by atoms with Gasteiger partial charge in [0.05, 0.1) is 32.3 Å². The summed E-state index contributed by atoms with van der Waals surface area (Å²) < 4.78 is 5.64. The molecule has 1 atom stereocenters. The lowest BCUT2D eigenvalue weighted by Gasteiger charge is -2.31. The SMILES string of the molecule is CCOc1ccc(Cl)cc1CN1CCC[C@@H](N)C1.O=C(O)CCC(=O)O.O=C(O)CCC(=O)O. The number of nitrogens with two attached hydrogens (primary N) is 1. The molecule has 0 bridgehead atoms. The lowest BCUT2D eigenvalue weighted by atomic mass is 10.1. The van der Waals surface area contributed by atoms with Crippen LogP contribution in [-0.4, -0.2) is 74.9 Å². The van der Waals surface area contributed by atoms with E-state index in [1.807, 2.05) is 25.1 Å². The molecule has 0 spiro atoms. The summed E-state index contributed by atoms with van der Waals surface area (Å²) in [5.74, 6) is -3.37.